The van der Waals surface area contributed by atoms with E-state index < -0.39 is 52.9 Å². The van der Waals surface area contributed by atoms with Gasteiger partial charge >= 0.3 is 11.9 Å². The van der Waals surface area contributed by atoms with Crippen LogP contribution in [0.3, 0.4) is 0 Å². The Kier molecular flexibility index (Phi) is 6.36. The molecule has 0 aliphatic heterocycles. The van der Waals surface area contributed by atoms with E-state index in [9.17, 15) is 24.6 Å². The van der Waals surface area contributed by atoms with Crippen LogP contribution in [-0.2, 0) is 19.1 Å². The summed E-state index contributed by atoms with van der Waals surface area (Å²) >= 11 is 5.98. The van der Waals surface area contributed by atoms with Crippen LogP contribution < -0.4 is 0 Å². The Bertz CT molecular complexity index is 1140. The van der Waals surface area contributed by atoms with Gasteiger partial charge in [-0.25, -0.2) is 4.79 Å². The highest BCUT2D eigenvalue weighted by atomic mass is 35.5. The molecule has 200 valence electrons. The molecule has 1 spiro atoms. The largest absolute Gasteiger partial charge is 0.465 e. The summed E-state index contributed by atoms with van der Waals surface area (Å²) in [6.45, 7) is 9.69. The zero-order valence-corrected chi connectivity index (χ0v) is 22.3. The topological polar surface area (TPSA) is 110 Å². The second-order valence-corrected chi connectivity index (χ2v) is 12.6. The lowest BCUT2D eigenvalue weighted by Gasteiger charge is -2.66. The molecule has 8 atom stereocenters. The third-order valence-corrected chi connectivity index (χ3v) is 10.2. The Hall–Kier alpha value is -2.22. The standard InChI is InChI=1S/C29H35ClO7/c1-15-19-12-20(32)23-28(14-36-16(2)31)11-5-10-27(3,4)21(28)13-22(33)29(23,24(15)34)25(19)37-26(35)17-6-8-18(30)9-7-17/h6-9,19-23,25,32-33H,1,5,10-14H2,2-4H3/t19-,20+,21-,22-,23+,25-,28+,29-/m1/s1. The van der Waals surface area contributed by atoms with Gasteiger partial charge in [0, 0.05) is 29.2 Å². The lowest BCUT2D eigenvalue weighted by atomic mass is 9.39. The summed E-state index contributed by atoms with van der Waals surface area (Å²) in [6.07, 6.45) is -0.270. The lowest BCUT2D eigenvalue weighted by molar-refractivity contribution is -0.264. The van der Waals surface area contributed by atoms with Crippen LogP contribution >= 0.6 is 11.6 Å². The van der Waals surface area contributed by atoms with E-state index in [2.05, 4.69) is 20.4 Å². The highest BCUT2D eigenvalue weighted by molar-refractivity contribution is 6.30. The fourth-order valence-corrected chi connectivity index (χ4v) is 8.71. The van der Waals surface area contributed by atoms with E-state index in [1.54, 1.807) is 24.3 Å². The molecule has 0 aromatic heterocycles. The predicted octanol–water partition coefficient (Wildman–Crippen LogP) is 4.13. The first-order chi connectivity index (χ1) is 17.4. The number of fused-ring (bicyclic) bond motifs is 3. The molecule has 0 radical (unpaired) electrons. The lowest BCUT2D eigenvalue weighted by Crippen LogP contribution is -2.72. The minimum atomic E-state index is -1.56. The number of halogens is 1. The summed E-state index contributed by atoms with van der Waals surface area (Å²) in [5.74, 6) is -2.91. The number of hydrogen-bond acceptors (Lipinski definition) is 7. The van der Waals surface area contributed by atoms with Crippen molar-refractivity contribution in [3.8, 4) is 0 Å². The fourth-order valence-electron chi connectivity index (χ4n) is 8.59. The van der Waals surface area contributed by atoms with Crippen molar-refractivity contribution < 1.29 is 34.1 Å². The second kappa shape index (κ2) is 8.92. The van der Waals surface area contributed by atoms with Crippen LogP contribution in [0.15, 0.2) is 36.4 Å². The summed E-state index contributed by atoms with van der Waals surface area (Å²) in [5, 5.41) is 24.0. The quantitative estimate of drug-likeness (QED) is 0.445. The number of aliphatic hydroxyl groups is 2. The predicted molar refractivity (Wildman–Crippen MR) is 136 cm³/mol. The van der Waals surface area contributed by atoms with E-state index in [1.807, 2.05) is 0 Å². The molecule has 7 nitrogen and oxygen atoms in total. The zero-order chi connectivity index (χ0) is 26.9. The zero-order valence-electron chi connectivity index (χ0n) is 21.5. The minimum absolute atomic E-state index is 0.0366. The molecular formula is C29H35ClO7. The Labute approximate surface area is 222 Å². The van der Waals surface area contributed by atoms with Crippen molar-refractivity contribution in [2.75, 3.05) is 6.61 Å². The van der Waals surface area contributed by atoms with Crippen molar-refractivity contribution in [2.45, 2.75) is 71.2 Å². The smallest absolute Gasteiger partial charge is 0.338 e. The summed E-state index contributed by atoms with van der Waals surface area (Å²) in [5.41, 5.74) is -2.00. The first-order valence-electron chi connectivity index (χ1n) is 13.1. The molecule has 0 amide bonds. The van der Waals surface area contributed by atoms with Gasteiger partial charge in [0.15, 0.2) is 5.78 Å². The SMILES string of the molecule is C=C1C(=O)[C@@]23[C@H](O)C[C@@H]4C(C)(C)CCC[C@@]4(COC(C)=O)[C@@H]2[C@@H](O)C[C@H]1[C@H]3OC(=O)c1ccc(Cl)cc1. The molecule has 4 aliphatic carbocycles. The summed E-state index contributed by atoms with van der Waals surface area (Å²) < 4.78 is 11.7. The van der Waals surface area contributed by atoms with Crippen LogP contribution in [0, 0.1) is 34.0 Å². The molecule has 2 bridgehead atoms. The molecular weight excluding hydrogens is 496 g/mol. The van der Waals surface area contributed by atoms with Crippen LogP contribution in [0.1, 0.15) is 63.2 Å². The molecule has 1 aromatic carbocycles. The highest BCUT2D eigenvalue weighted by Crippen LogP contribution is 2.71. The van der Waals surface area contributed by atoms with Gasteiger partial charge in [-0.1, -0.05) is 38.4 Å². The van der Waals surface area contributed by atoms with Crippen LogP contribution in [-0.4, -0.2) is 52.9 Å². The van der Waals surface area contributed by atoms with E-state index >= 15 is 0 Å². The van der Waals surface area contributed by atoms with Crippen LogP contribution in [0.2, 0.25) is 5.02 Å². The first kappa shape index (κ1) is 26.4. The van der Waals surface area contributed by atoms with E-state index in [0.717, 1.165) is 12.8 Å². The van der Waals surface area contributed by atoms with Crippen molar-refractivity contribution in [1.29, 1.82) is 0 Å². The minimum Gasteiger partial charge on any atom is -0.465 e. The Morgan fingerprint density at radius 1 is 1.14 bits per heavy atom. The van der Waals surface area contributed by atoms with Gasteiger partial charge in [0.2, 0.25) is 0 Å². The normalized spacial score (nSPS) is 39.9. The summed E-state index contributed by atoms with van der Waals surface area (Å²) in [4.78, 5) is 39.4. The molecule has 4 saturated carbocycles. The number of hydrogen-bond donors (Lipinski definition) is 2. The van der Waals surface area contributed by atoms with Crippen molar-refractivity contribution in [3.63, 3.8) is 0 Å². The van der Waals surface area contributed by atoms with Crippen molar-refractivity contribution >= 4 is 29.3 Å². The number of ether oxygens (including phenoxy) is 2. The molecule has 5 rings (SSSR count). The van der Waals surface area contributed by atoms with E-state index in [-0.39, 0.29) is 47.7 Å². The number of aliphatic hydroxyl groups excluding tert-OH is 2. The molecule has 0 saturated heterocycles. The Morgan fingerprint density at radius 3 is 2.46 bits per heavy atom. The third-order valence-electron chi connectivity index (χ3n) is 9.95. The van der Waals surface area contributed by atoms with Gasteiger partial charge < -0.3 is 19.7 Å². The molecule has 4 aliphatic rings. The Balaban J connectivity index is 1.64. The van der Waals surface area contributed by atoms with Crippen molar-refractivity contribution in [1.82, 2.24) is 0 Å². The maximum atomic E-state index is 14.1. The van der Waals surface area contributed by atoms with Crippen LogP contribution in [0.25, 0.3) is 0 Å². The van der Waals surface area contributed by atoms with E-state index in [4.69, 9.17) is 21.1 Å². The molecule has 4 fully saturated rings. The van der Waals surface area contributed by atoms with Crippen LogP contribution in [0.4, 0.5) is 0 Å². The van der Waals surface area contributed by atoms with E-state index in [0.29, 0.717) is 11.4 Å². The molecule has 8 heteroatoms. The second-order valence-electron chi connectivity index (χ2n) is 12.2. The monoisotopic (exact) mass is 530 g/mol. The average Bonchev–Trinajstić information content (AvgIpc) is 2.96. The summed E-state index contributed by atoms with van der Waals surface area (Å²) in [6, 6.07) is 6.27. The van der Waals surface area contributed by atoms with Gasteiger partial charge in [-0.3, -0.25) is 9.59 Å². The number of carbonyl (C=O) groups excluding carboxylic acids is 3. The van der Waals surface area contributed by atoms with Crippen LogP contribution in [0.5, 0.6) is 0 Å². The van der Waals surface area contributed by atoms with Gasteiger partial charge in [0.05, 0.1) is 24.4 Å². The van der Waals surface area contributed by atoms with Gasteiger partial charge in [-0.15, -0.1) is 0 Å². The van der Waals surface area contributed by atoms with Crippen molar-refractivity contribution in [2.24, 2.45) is 34.0 Å². The number of esters is 2. The van der Waals surface area contributed by atoms with Gasteiger partial charge in [0.1, 0.15) is 11.5 Å². The molecule has 2 N–H and O–H groups in total. The maximum absolute atomic E-state index is 14.1. The number of benzene rings is 1. The summed E-state index contributed by atoms with van der Waals surface area (Å²) in [7, 11) is 0. The first-order valence-corrected chi connectivity index (χ1v) is 13.4. The number of ketones is 1. The number of carbonyl (C=O) groups is 3. The van der Waals surface area contributed by atoms with Gasteiger partial charge in [-0.2, -0.15) is 0 Å². The van der Waals surface area contributed by atoms with Crippen molar-refractivity contribution in [3.05, 3.63) is 47.0 Å². The average molecular weight is 531 g/mol. The van der Waals surface area contributed by atoms with E-state index in [1.165, 1.54) is 6.92 Å². The van der Waals surface area contributed by atoms with Gasteiger partial charge in [-0.05, 0) is 66.9 Å². The Morgan fingerprint density at radius 2 is 1.81 bits per heavy atom. The molecule has 1 aromatic rings. The molecule has 0 heterocycles. The third kappa shape index (κ3) is 3.72. The van der Waals surface area contributed by atoms with Gasteiger partial charge in [0.25, 0.3) is 0 Å². The molecule has 37 heavy (non-hydrogen) atoms. The molecule has 0 unspecified atom stereocenters. The fraction of sp³-hybridized carbons (Fsp3) is 0.621. The number of rotatable bonds is 4. The highest BCUT2D eigenvalue weighted by Gasteiger charge is 2.78. The number of Topliss-reactive ketones (excluding diaryl/α,β-unsaturated/α-hetero) is 1. The maximum Gasteiger partial charge on any atom is 0.338 e.